The lowest BCUT2D eigenvalue weighted by Gasteiger charge is -2.13. The van der Waals surface area contributed by atoms with Crippen molar-refractivity contribution in [2.45, 2.75) is 13.0 Å². The fourth-order valence-corrected chi connectivity index (χ4v) is 3.19. The molecule has 0 aliphatic rings. The quantitative estimate of drug-likeness (QED) is 0.866. The average molecular weight is 317 g/mol. The molecule has 84 valence electrons. The highest BCUT2D eigenvalue weighted by atomic mass is 79.9. The minimum atomic E-state index is -0.0920. The Kier molecular flexibility index (Phi) is 3.70. The van der Waals surface area contributed by atoms with Gasteiger partial charge in [-0.3, -0.25) is 0 Å². The number of benzene rings is 1. The van der Waals surface area contributed by atoms with Gasteiger partial charge in [-0.25, -0.2) is 0 Å². The van der Waals surface area contributed by atoms with Crippen molar-refractivity contribution < 1.29 is 0 Å². The fraction of sp³-hybridized carbons (Fsp3) is 0.167. The summed E-state index contributed by atoms with van der Waals surface area (Å²) in [4.78, 5) is 1.09. The van der Waals surface area contributed by atoms with Crippen LogP contribution in [0.3, 0.4) is 0 Å². The summed E-state index contributed by atoms with van der Waals surface area (Å²) in [6.07, 6.45) is 0. The predicted molar refractivity (Wildman–Crippen MR) is 74.2 cm³/mol. The highest BCUT2D eigenvalue weighted by Gasteiger charge is 2.13. The molecule has 2 N–H and O–H groups in total. The first kappa shape index (κ1) is 12.1. The van der Waals surface area contributed by atoms with E-state index >= 15 is 0 Å². The van der Waals surface area contributed by atoms with Gasteiger partial charge >= 0.3 is 0 Å². The summed E-state index contributed by atoms with van der Waals surface area (Å²) in [5, 5.41) is 0. The van der Waals surface area contributed by atoms with Gasteiger partial charge in [0.1, 0.15) is 0 Å². The van der Waals surface area contributed by atoms with E-state index in [-0.39, 0.29) is 6.04 Å². The van der Waals surface area contributed by atoms with Crippen molar-refractivity contribution in [1.29, 1.82) is 0 Å². The third-order valence-corrected chi connectivity index (χ3v) is 4.27. The maximum absolute atomic E-state index is 6.22. The van der Waals surface area contributed by atoms with Gasteiger partial charge in [-0.05, 0) is 42.3 Å². The van der Waals surface area contributed by atoms with Crippen LogP contribution >= 0.6 is 38.9 Å². The molecule has 0 spiro atoms. The molecule has 2 rings (SSSR count). The van der Waals surface area contributed by atoms with Crippen LogP contribution in [-0.4, -0.2) is 0 Å². The Bertz CT molecular complexity index is 509. The zero-order valence-electron chi connectivity index (χ0n) is 8.71. The molecule has 0 saturated carbocycles. The minimum Gasteiger partial charge on any atom is -0.320 e. The molecule has 0 radical (unpaired) electrons. The summed E-state index contributed by atoms with van der Waals surface area (Å²) in [6.45, 7) is 2.06. The summed E-state index contributed by atoms with van der Waals surface area (Å²) in [5.41, 5.74) is 8.54. The summed E-state index contributed by atoms with van der Waals surface area (Å²) in [6, 6.07) is 9.92. The zero-order valence-corrected chi connectivity index (χ0v) is 11.9. The van der Waals surface area contributed by atoms with E-state index in [1.165, 1.54) is 16.9 Å². The summed E-state index contributed by atoms with van der Waals surface area (Å²) in [7, 11) is 0. The lowest BCUT2D eigenvalue weighted by molar-refractivity contribution is 0.882. The van der Waals surface area contributed by atoms with Gasteiger partial charge in [-0.15, -0.1) is 11.3 Å². The Hall–Kier alpha value is -0.350. The summed E-state index contributed by atoms with van der Waals surface area (Å²) < 4.78 is 1.85. The molecule has 0 fully saturated rings. The van der Waals surface area contributed by atoms with Crippen LogP contribution < -0.4 is 5.73 Å². The number of hydrogen-bond acceptors (Lipinski definition) is 2. The highest BCUT2D eigenvalue weighted by molar-refractivity contribution is 9.10. The third-order valence-electron chi connectivity index (χ3n) is 2.47. The maximum Gasteiger partial charge on any atom is 0.0931 e. The molecule has 1 unspecified atom stereocenters. The monoisotopic (exact) mass is 315 g/mol. The van der Waals surface area contributed by atoms with Gasteiger partial charge in [0.15, 0.2) is 0 Å². The van der Waals surface area contributed by atoms with Crippen molar-refractivity contribution in [3.05, 3.63) is 55.1 Å². The second-order valence-corrected chi connectivity index (χ2v) is 6.28. The van der Waals surface area contributed by atoms with Crippen LogP contribution in [0, 0.1) is 6.92 Å². The molecule has 1 aromatic heterocycles. The minimum absolute atomic E-state index is 0.0920. The standard InChI is InChI=1S/C12H11BrClNS/c1-7-6-8(13)2-3-9(7)12(15)10-4-5-11(14)16-10/h2-6,12H,15H2,1H3. The maximum atomic E-state index is 6.22. The van der Waals surface area contributed by atoms with Gasteiger partial charge in [-0.2, -0.15) is 0 Å². The lowest BCUT2D eigenvalue weighted by atomic mass is 10.0. The highest BCUT2D eigenvalue weighted by Crippen LogP contribution is 2.31. The molecule has 0 aliphatic carbocycles. The molecule has 0 bridgehead atoms. The number of halogens is 2. The third kappa shape index (κ3) is 2.48. The molecular formula is C12H11BrClNS. The zero-order chi connectivity index (χ0) is 11.7. The van der Waals surface area contributed by atoms with Crippen molar-refractivity contribution in [1.82, 2.24) is 0 Å². The average Bonchev–Trinajstić information content (AvgIpc) is 2.64. The van der Waals surface area contributed by atoms with Crippen molar-refractivity contribution in [2.75, 3.05) is 0 Å². The molecule has 0 saturated heterocycles. The number of nitrogens with two attached hydrogens (primary N) is 1. The Balaban J connectivity index is 2.37. The van der Waals surface area contributed by atoms with E-state index in [0.29, 0.717) is 0 Å². The van der Waals surface area contributed by atoms with Crippen LogP contribution in [0.1, 0.15) is 22.0 Å². The normalized spacial score (nSPS) is 12.8. The van der Waals surface area contributed by atoms with E-state index in [2.05, 4.69) is 35.0 Å². The Labute approximate surface area is 112 Å². The van der Waals surface area contributed by atoms with Crippen molar-refractivity contribution in [3.8, 4) is 0 Å². The van der Waals surface area contributed by atoms with Gasteiger partial charge < -0.3 is 5.73 Å². The summed E-state index contributed by atoms with van der Waals surface area (Å²) in [5.74, 6) is 0. The number of rotatable bonds is 2. The molecule has 2 aromatic rings. The Morgan fingerprint density at radius 3 is 2.62 bits per heavy atom. The van der Waals surface area contributed by atoms with Crippen molar-refractivity contribution in [2.24, 2.45) is 5.73 Å². The van der Waals surface area contributed by atoms with E-state index in [9.17, 15) is 0 Å². The molecule has 1 nitrogen and oxygen atoms in total. The molecule has 1 heterocycles. The molecular weight excluding hydrogens is 306 g/mol. The molecule has 0 amide bonds. The van der Waals surface area contributed by atoms with Crippen LogP contribution in [0.25, 0.3) is 0 Å². The number of hydrogen-bond donors (Lipinski definition) is 1. The smallest absolute Gasteiger partial charge is 0.0931 e. The van der Waals surface area contributed by atoms with Gasteiger partial charge in [-0.1, -0.05) is 33.6 Å². The van der Waals surface area contributed by atoms with Crippen molar-refractivity contribution >= 4 is 38.9 Å². The molecule has 1 atom stereocenters. The molecule has 16 heavy (non-hydrogen) atoms. The first-order chi connectivity index (χ1) is 7.58. The molecule has 1 aromatic carbocycles. The number of thiophene rings is 1. The first-order valence-corrected chi connectivity index (χ1v) is 6.83. The second kappa shape index (κ2) is 4.88. The van der Waals surface area contributed by atoms with E-state index in [0.717, 1.165) is 19.2 Å². The SMILES string of the molecule is Cc1cc(Br)ccc1C(N)c1ccc(Cl)s1. The topological polar surface area (TPSA) is 26.0 Å². The van der Waals surface area contributed by atoms with Gasteiger partial charge in [0.25, 0.3) is 0 Å². The fourth-order valence-electron chi connectivity index (χ4n) is 1.64. The summed E-state index contributed by atoms with van der Waals surface area (Å²) >= 11 is 10.9. The van der Waals surface area contributed by atoms with E-state index in [1.807, 2.05) is 18.2 Å². The van der Waals surface area contributed by atoms with Gasteiger partial charge in [0, 0.05) is 9.35 Å². The Morgan fingerprint density at radius 2 is 2.06 bits per heavy atom. The van der Waals surface area contributed by atoms with E-state index in [4.69, 9.17) is 17.3 Å². The molecule has 0 aliphatic heterocycles. The van der Waals surface area contributed by atoms with Crippen LogP contribution in [0.2, 0.25) is 4.34 Å². The van der Waals surface area contributed by atoms with Crippen LogP contribution in [-0.2, 0) is 0 Å². The number of aryl methyl sites for hydroxylation is 1. The van der Waals surface area contributed by atoms with Gasteiger partial charge in [0.05, 0.1) is 10.4 Å². The lowest BCUT2D eigenvalue weighted by Crippen LogP contribution is -2.11. The molecule has 4 heteroatoms. The van der Waals surface area contributed by atoms with Crippen LogP contribution in [0.5, 0.6) is 0 Å². The van der Waals surface area contributed by atoms with Crippen LogP contribution in [0.15, 0.2) is 34.8 Å². The second-order valence-electron chi connectivity index (χ2n) is 3.62. The van der Waals surface area contributed by atoms with E-state index < -0.39 is 0 Å². The largest absolute Gasteiger partial charge is 0.320 e. The van der Waals surface area contributed by atoms with Gasteiger partial charge in [0.2, 0.25) is 0 Å². The predicted octanol–water partition coefficient (Wildman–Crippen LogP) is 4.52. The van der Waals surface area contributed by atoms with Crippen LogP contribution in [0.4, 0.5) is 0 Å². The first-order valence-electron chi connectivity index (χ1n) is 4.85. The Morgan fingerprint density at radius 1 is 1.31 bits per heavy atom. The van der Waals surface area contributed by atoms with E-state index in [1.54, 1.807) is 0 Å². The van der Waals surface area contributed by atoms with Crippen molar-refractivity contribution in [3.63, 3.8) is 0 Å².